The maximum Gasteiger partial charge on any atom is 0.275 e. The Hall–Kier alpha value is -1.17. The lowest BCUT2D eigenvalue weighted by Crippen LogP contribution is -2.45. The normalized spacial score (nSPS) is 18.9. The van der Waals surface area contributed by atoms with E-state index in [0.717, 1.165) is 44.5 Å². The van der Waals surface area contributed by atoms with Crippen LogP contribution in [0, 0.1) is 10.1 Å². The molecule has 2 rings (SSSR count). The molecule has 0 radical (unpaired) electrons. The highest BCUT2D eigenvalue weighted by Crippen LogP contribution is 2.26. The van der Waals surface area contributed by atoms with E-state index in [2.05, 4.69) is 17.1 Å². The van der Waals surface area contributed by atoms with Gasteiger partial charge < -0.3 is 5.32 Å². The van der Waals surface area contributed by atoms with E-state index in [0.29, 0.717) is 17.6 Å². The zero-order chi connectivity index (χ0) is 15.2. The first-order valence-electron chi connectivity index (χ1n) is 7.49. The van der Waals surface area contributed by atoms with E-state index >= 15 is 0 Å². The van der Waals surface area contributed by atoms with Crippen molar-refractivity contribution >= 4 is 17.3 Å². The third-order valence-electron chi connectivity index (χ3n) is 3.92. The minimum atomic E-state index is -0.343. The number of hydrogen-bond acceptors (Lipinski definition) is 4. The summed E-state index contributed by atoms with van der Waals surface area (Å²) in [4.78, 5) is 13.2. The van der Waals surface area contributed by atoms with Crippen molar-refractivity contribution in [2.75, 3.05) is 19.6 Å². The minimum absolute atomic E-state index is 0.118. The van der Waals surface area contributed by atoms with Crippen molar-refractivity contribution in [2.24, 2.45) is 0 Å². The Bertz CT molecular complexity index is 490. The van der Waals surface area contributed by atoms with Crippen LogP contribution in [0.5, 0.6) is 0 Å². The highest BCUT2D eigenvalue weighted by atomic mass is 35.5. The molecule has 1 aromatic rings. The first-order chi connectivity index (χ1) is 10.1. The summed E-state index contributed by atoms with van der Waals surface area (Å²) < 4.78 is 0. The molecule has 0 aromatic heterocycles. The van der Waals surface area contributed by atoms with E-state index in [4.69, 9.17) is 11.6 Å². The summed E-state index contributed by atoms with van der Waals surface area (Å²) in [5.74, 6) is 0. The van der Waals surface area contributed by atoms with E-state index in [1.807, 2.05) is 0 Å². The maximum absolute atomic E-state index is 11.2. The number of nitro groups is 1. The zero-order valence-corrected chi connectivity index (χ0v) is 13.1. The van der Waals surface area contributed by atoms with Crippen molar-refractivity contribution < 1.29 is 4.92 Å². The van der Waals surface area contributed by atoms with Gasteiger partial charge in [0, 0.05) is 35.8 Å². The Labute approximate surface area is 130 Å². The monoisotopic (exact) mass is 311 g/mol. The van der Waals surface area contributed by atoms with Crippen LogP contribution in [-0.2, 0) is 6.54 Å². The Morgan fingerprint density at radius 1 is 1.52 bits per heavy atom. The molecule has 1 aromatic carbocycles. The van der Waals surface area contributed by atoms with Crippen LogP contribution in [0.25, 0.3) is 0 Å². The van der Waals surface area contributed by atoms with E-state index in [9.17, 15) is 10.1 Å². The standard InChI is InChI=1S/C15H22ClN3O2/c1-2-8-18(14-4-3-7-17-10-14)11-12-5-6-13(16)9-15(12)19(20)21/h5-6,9,14,17H,2-4,7-8,10-11H2,1H3. The van der Waals surface area contributed by atoms with Gasteiger partial charge in [0.05, 0.1) is 4.92 Å². The van der Waals surface area contributed by atoms with Crippen LogP contribution in [0.4, 0.5) is 5.69 Å². The molecular weight excluding hydrogens is 290 g/mol. The molecule has 6 heteroatoms. The van der Waals surface area contributed by atoms with Crippen molar-refractivity contribution in [1.82, 2.24) is 10.2 Å². The second-order valence-corrected chi connectivity index (χ2v) is 5.94. The fraction of sp³-hybridized carbons (Fsp3) is 0.600. The topological polar surface area (TPSA) is 58.4 Å². The quantitative estimate of drug-likeness (QED) is 0.647. The molecule has 0 spiro atoms. The van der Waals surface area contributed by atoms with Gasteiger partial charge >= 0.3 is 0 Å². The first kappa shape index (κ1) is 16.2. The van der Waals surface area contributed by atoms with Gasteiger partial charge in [-0.25, -0.2) is 0 Å². The number of nitro benzene ring substituents is 1. The van der Waals surface area contributed by atoms with Gasteiger partial charge in [0.2, 0.25) is 0 Å². The van der Waals surface area contributed by atoms with E-state index in [-0.39, 0.29) is 10.6 Å². The second-order valence-electron chi connectivity index (χ2n) is 5.50. The lowest BCUT2D eigenvalue weighted by atomic mass is 10.0. The number of hydrogen-bond donors (Lipinski definition) is 1. The Morgan fingerprint density at radius 3 is 2.95 bits per heavy atom. The van der Waals surface area contributed by atoms with E-state index in [1.54, 1.807) is 12.1 Å². The lowest BCUT2D eigenvalue weighted by molar-refractivity contribution is -0.385. The summed E-state index contributed by atoms with van der Waals surface area (Å²) in [6.45, 7) is 5.72. The molecule has 1 aliphatic heterocycles. The van der Waals surface area contributed by atoms with Crippen LogP contribution in [0.3, 0.4) is 0 Å². The smallest absolute Gasteiger partial charge is 0.275 e. The molecule has 5 nitrogen and oxygen atoms in total. The predicted molar refractivity (Wildman–Crippen MR) is 84.7 cm³/mol. The molecule has 1 saturated heterocycles. The third kappa shape index (κ3) is 4.40. The molecular formula is C15H22ClN3O2. The number of piperidine rings is 1. The van der Waals surface area contributed by atoms with Gasteiger partial charge in [0.25, 0.3) is 5.69 Å². The molecule has 1 heterocycles. The highest BCUT2D eigenvalue weighted by molar-refractivity contribution is 6.30. The molecule has 1 fully saturated rings. The van der Waals surface area contributed by atoms with E-state index < -0.39 is 0 Å². The highest BCUT2D eigenvalue weighted by Gasteiger charge is 2.23. The number of halogens is 1. The third-order valence-corrected chi connectivity index (χ3v) is 4.15. The molecule has 116 valence electrons. The number of nitrogens with zero attached hydrogens (tertiary/aromatic N) is 2. The number of nitrogens with one attached hydrogen (secondary N) is 1. The molecule has 1 N–H and O–H groups in total. The van der Waals surface area contributed by atoms with Crippen LogP contribution in [0.1, 0.15) is 31.7 Å². The predicted octanol–water partition coefficient (Wildman–Crippen LogP) is 3.21. The number of rotatable bonds is 6. The Morgan fingerprint density at radius 2 is 2.33 bits per heavy atom. The van der Waals surface area contributed by atoms with Gasteiger partial charge in [-0.3, -0.25) is 15.0 Å². The average molecular weight is 312 g/mol. The molecule has 1 atom stereocenters. The first-order valence-corrected chi connectivity index (χ1v) is 7.87. The van der Waals surface area contributed by atoms with Gasteiger partial charge in [0.1, 0.15) is 0 Å². The number of benzene rings is 1. The Balaban J connectivity index is 2.17. The van der Waals surface area contributed by atoms with Crippen molar-refractivity contribution in [2.45, 2.75) is 38.8 Å². The van der Waals surface area contributed by atoms with Gasteiger partial charge in [-0.15, -0.1) is 0 Å². The molecule has 0 amide bonds. The molecule has 0 aliphatic carbocycles. The average Bonchev–Trinajstić information content (AvgIpc) is 2.49. The molecule has 1 unspecified atom stereocenters. The van der Waals surface area contributed by atoms with Crippen LogP contribution >= 0.6 is 11.6 Å². The van der Waals surface area contributed by atoms with Crippen LogP contribution in [-0.4, -0.2) is 35.5 Å². The van der Waals surface area contributed by atoms with Crippen molar-refractivity contribution in [3.63, 3.8) is 0 Å². The molecule has 0 bridgehead atoms. The van der Waals surface area contributed by atoms with Crippen LogP contribution < -0.4 is 5.32 Å². The van der Waals surface area contributed by atoms with Gasteiger partial charge in [-0.05, 0) is 44.5 Å². The summed E-state index contributed by atoms with van der Waals surface area (Å²) in [6, 6.07) is 5.40. The van der Waals surface area contributed by atoms with Gasteiger partial charge in [0.15, 0.2) is 0 Å². The lowest BCUT2D eigenvalue weighted by Gasteiger charge is -2.34. The fourth-order valence-electron chi connectivity index (χ4n) is 2.88. The molecule has 1 aliphatic rings. The summed E-state index contributed by atoms with van der Waals surface area (Å²) >= 11 is 5.88. The molecule has 21 heavy (non-hydrogen) atoms. The van der Waals surface area contributed by atoms with Gasteiger partial charge in [-0.2, -0.15) is 0 Å². The molecule has 0 saturated carbocycles. The van der Waals surface area contributed by atoms with Crippen molar-refractivity contribution in [3.8, 4) is 0 Å². The van der Waals surface area contributed by atoms with Crippen LogP contribution in [0.15, 0.2) is 18.2 Å². The van der Waals surface area contributed by atoms with Crippen molar-refractivity contribution in [3.05, 3.63) is 38.9 Å². The van der Waals surface area contributed by atoms with Crippen molar-refractivity contribution in [1.29, 1.82) is 0 Å². The zero-order valence-electron chi connectivity index (χ0n) is 12.3. The summed E-state index contributed by atoms with van der Waals surface area (Å²) in [7, 11) is 0. The summed E-state index contributed by atoms with van der Waals surface area (Å²) in [5, 5.41) is 15.0. The van der Waals surface area contributed by atoms with Crippen LogP contribution in [0.2, 0.25) is 5.02 Å². The second kappa shape index (κ2) is 7.73. The summed E-state index contributed by atoms with van der Waals surface area (Å²) in [5.41, 5.74) is 0.857. The van der Waals surface area contributed by atoms with E-state index in [1.165, 1.54) is 6.07 Å². The maximum atomic E-state index is 11.2. The fourth-order valence-corrected chi connectivity index (χ4v) is 3.05. The van der Waals surface area contributed by atoms with Gasteiger partial charge in [-0.1, -0.05) is 18.5 Å². The largest absolute Gasteiger partial charge is 0.315 e. The summed E-state index contributed by atoms with van der Waals surface area (Å²) in [6.07, 6.45) is 3.35. The Kier molecular flexibility index (Phi) is 5.96. The SMILES string of the molecule is CCCN(Cc1ccc(Cl)cc1[N+](=O)[O-])C1CCCNC1. The minimum Gasteiger partial charge on any atom is -0.315 e.